The molecule has 6 nitrogen and oxygen atoms in total. The number of carbonyl (C=O) groups is 2. The van der Waals surface area contributed by atoms with Crippen molar-refractivity contribution in [3.63, 3.8) is 0 Å². The van der Waals surface area contributed by atoms with Crippen LogP contribution in [0, 0.1) is 0 Å². The SMILES string of the molecule is O=C(COC(=O)c1ccccc1OCc1ccc(Cl)cc1)Nc1ccc(Cl)cn1. The van der Waals surface area contributed by atoms with E-state index >= 15 is 0 Å². The Kier molecular flexibility index (Phi) is 7.05. The lowest BCUT2D eigenvalue weighted by molar-refractivity contribution is -0.119. The Morgan fingerprint density at radius 3 is 2.38 bits per heavy atom. The lowest BCUT2D eigenvalue weighted by atomic mass is 10.2. The van der Waals surface area contributed by atoms with Gasteiger partial charge in [-0.05, 0) is 42.0 Å². The summed E-state index contributed by atoms with van der Waals surface area (Å²) in [5.74, 6) is -0.530. The quantitative estimate of drug-likeness (QED) is 0.546. The van der Waals surface area contributed by atoms with Gasteiger partial charge in [0.1, 0.15) is 23.7 Å². The molecule has 3 aromatic rings. The van der Waals surface area contributed by atoms with Crippen LogP contribution < -0.4 is 10.1 Å². The van der Waals surface area contributed by atoms with E-state index in [1.165, 1.54) is 6.20 Å². The van der Waals surface area contributed by atoms with Crippen LogP contribution in [0.3, 0.4) is 0 Å². The van der Waals surface area contributed by atoms with E-state index in [0.717, 1.165) is 5.56 Å². The predicted octanol–water partition coefficient (Wildman–Crippen LogP) is 4.76. The number of anilines is 1. The van der Waals surface area contributed by atoms with Crippen LogP contribution in [0.5, 0.6) is 5.75 Å². The molecule has 8 heteroatoms. The van der Waals surface area contributed by atoms with Gasteiger partial charge >= 0.3 is 5.97 Å². The number of amides is 1. The number of aromatic nitrogens is 1. The molecule has 0 aliphatic rings. The molecule has 0 spiro atoms. The molecule has 3 rings (SSSR count). The summed E-state index contributed by atoms with van der Waals surface area (Å²) in [6.45, 7) is -0.209. The summed E-state index contributed by atoms with van der Waals surface area (Å²) in [6, 6.07) is 17.0. The highest BCUT2D eigenvalue weighted by molar-refractivity contribution is 6.30. The molecule has 0 radical (unpaired) electrons. The van der Waals surface area contributed by atoms with Gasteiger partial charge in [-0.15, -0.1) is 0 Å². The summed E-state index contributed by atoms with van der Waals surface area (Å²) < 4.78 is 10.8. The van der Waals surface area contributed by atoms with Crippen LogP contribution in [0.4, 0.5) is 5.82 Å². The van der Waals surface area contributed by atoms with Crippen molar-refractivity contribution in [2.75, 3.05) is 11.9 Å². The van der Waals surface area contributed by atoms with Crippen molar-refractivity contribution in [3.05, 3.63) is 88.0 Å². The minimum absolute atomic E-state index is 0.221. The zero-order valence-corrected chi connectivity index (χ0v) is 16.6. The minimum atomic E-state index is -0.670. The topological polar surface area (TPSA) is 77.5 Å². The van der Waals surface area contributed by atoms with E-state index in [1.807, 2.05) is 12.1 Å². The number of benzene rings is 2. The van der Waals surface area contributed by atoms with E-state index in [4.69, 9.17) is 32.7 Å². The first-order valence-electron chi connectivity index (χ1n) is 8.56. The number of ether oxygens (including phenoxy) is 2. The number of para-hydroxylation sites is 1. The number of halogens is 2. The Hall–Kier alpha value is -3.09. The Bertz CT molecular complexity index is 992. The van der Waals surface area contributed by atoms with Gasteiger partial charge in [-0.3, -0.25) is 4.79 Å². The number of nitrogens with zero attached hydrogens (tertiary/aromatic N) is 1. The van der Waals surface area contributed by atoms with Gasteiger partial charge in [-0.25, -0.2) is 9.78 Å². The number of pyridine rings is 1. The van der Waals surface area contributed by atoms with Gasteiger partial charge in [0.2, 0.25) is 0 Å². The Morgan fingerprint density at radius 2 is 1.66 bits per heavy atom. The second kappa shape index (κ2) is 9.91. The number of nitrogens with one attached hydrogen (secondary N) is 1. The molecule has 0 saturated carbocycles. The second-order valence-corrected chi connectivity index (χ2v) is 6.77. The molecule has 1 N–H and O–H groups in total. The molecular formula is C21H16Cl2N2O4. The summed E-state index contributed by atoms with van der Waals surface area (Å²) in [7, 11) is 0. The Labute approximate surface area is 177 Å². The third kappa shape index (κ3) is 6.20. The van der Waals surface area contributed by atoms with Crippen molar-refractivity contribution in [3.8, 4) is 5.75 Å². The van der Waals surface area contributed by atoms with E-state index in [2.05, 4.69) is 10.3 Å². The monoisotopic (exact) mass is 430 g/mol. The molecule has 0 bridgehead atoms. The average Bonchev–Trinajstić information content (AvgIpc) is 2.73. The largest absolute Gasteiger partial charge is 0.488 e. The maximum absolute atomic E-state index is 12.4. The van der Waals surface area contributed by atoms with Gasteiger partial charge in [-0.2, -0.15) is 0 Å². The molecule has 0 aliphatic carbocycles. The minimum Gasteiger partial charge on any atom is -0.488 e. The van der Waals surface area contributed by atoms with Crippen molar-refractivity contribution in [1.29, 1.82) is 0 Å². The van der Waals surface area contributed by atoms with Gasteiger partial charge < -0.3 is 14.8 Å². The smallest absolute Gasteiger partial charge is 0.342 e. The molecule has 0 saturated heterocycles. The first-order chi connectivity index (χ1) is 14.0. The standard InChI is InChI=1S/C21H16Cl2N2O4/c22-15-7-5-14(6-8-15)12-28-18-4-2-1-3-17(18)21(27)29-13-20(26)25-19-10-9-16(23)11-24-19/h1-11H,12-13H2,(H,24,25,26). The van der Waals surface area contributed by atoms with Crippen molar-refractivity contribution in [2.45, 2.75) is 6.61 Å². The molecule has 0 atom stereocenters. The summed E-state index contributed by atoms with van der Waals surface area (Å²) in [6.07, 6.45) is 1.40. The maximum Gasteiger partial charge on any atom is 0.342 e. The summed E-state index contributed by atoms with van der Waals surface area (Å²) in [5.41, 5.74) is 1.12. The van der Waals surface area contributed by atoms with E-state index in [1.54, 1.807) is 48.5 Å². The van der Waals surface area contributed by atoms with Gasteiger partial charge in [0.25, 0.3) is 5.91 Å². The van der Waals surface area contributed by atoms with E-state index in [9.17, 15) is 9.59 Å². The van der Waals surface area contributed by atoms with Crippen molar-refractivity contribution in [2.24, 2.45) is 0 Å². The second-order valence-electron chi connectivity index (χ2n) is 5.90. The normalized spacial score (nSPS) is 10.3. The summed E-state index contributed by atoms with van der Waals surface area (Å²) in [4.78, 5) is 28.3. The predicted molar refractivity (Wildman–Crippen MR) is 110 cm³/mol. The fourth-order valence-corrected chi connectivity index (χ4v) is 2.58. The molecule has 1 heterocycles. The zero-order chi connectivity index (χ0) is 20.6. The van der Waals surface area contributed by atoms with Crippen LogP contribution in [-0.2, 0) is 16.1 Å². The Morgan fingerprint density at radius 1 is 0.931 bits per heavy atom. The van der Waals surface area contributed by atoms with Gasteiger partial charge in [0, 0.05) is 11.2 Å². The molecule has 2 aromatic carbocycles. The first-order valence-corrected chi connectivity index (χ1v) is 9.31. The van der Waals surface area contributed by atoms with E-state index in [-0.39, 0.29) is 12.2 Å². The highest BCUT2D eigenvalue weighted by Crippen LogP contribution is 2.21. The third-order valence-corrected chi connectivity index (χ3v) is 4.22. The van der Waals surface area contributed by atoms with E-state index < -0.39 is 18.5 Å². The Balaban J connectivity index is 1.56. The van der Waals surface area contributed by atoms with Gasteiger partial charge in [0.05, 0.1) is 5.02 Å². The molecule has 0 aliphatic heterocycles. The number of rotatable bonds is 7. The molecule has 0 fully saturated rings. The average molecular weight is 431 g/mol. The fraction of sp³-hybridized carbons (Fsp3) is 0.0952. The summed E-state index contributed by atoms with van der Waals surface area (Å²) in [5, 5.41) is 3.59. The maximum atomic E-state index is 12.4. The highest BCUT2D eigenvalue weighted by Gasteiger charge is 2.15. The van der Waals surface area contributed by atoms with Crippen molar-refractivity contribution in [1.82, 2.24) is 4.98 Å². The molecule has 0 unspecified atom stereocenters. The third-order valence-electron chi connectivity index (χ3n) is 3.74. The highest BCUT2D eigenvalue weighted by atomic mass is 35.5. The van der Waals surface area contributed by atoms with E-state index in [0.29, 0.717) is 21.6 Å². The fourth-order valence-electron chi connectivity index (χ4n) is 2.34. The van der Waals surface area contributed by atoms with Crippen LogP contribution in [-0.4, -0.2) is 23.5 Å². The first kappa shape index (κ1) is 20.6. The number of hydrogen-bond acceptors (Lipinski definition) is 5. The lowest BCUT2D eigenvalue weighted by Crippen LogP contribution is -2.21. The van der Waals surface area contributed by atoms with Crippen LogP contribution in [0.25, 0.3) is 0 Å². The number of hydrogen-bond donors (Lipinski definition) is 1. The number of carbonyl (C=O) groups excluding carboxylic acids is 2. The van der Waals surface area contributed by atoms with Gasteiger partial charge in [0.15, 0.2) is 6.61 Å². The number of esters is 1. The van der Waals surface area contributed by atoms with Crippen LogP contribution in [0.1, 0.15) is 15.9 Å². The molecule has 1 amide bonds. The molecule has 1 aromatic heterocycles. The van der Waals surface area contributed by atoms with Gasteiger partial charge in [-0.1, -0.05) is 47.5 Å². The molecule has 29 heavy (non-hydrogen) atoms. The summed E-state index contributed by atoms with van der Waals surface area (Å²) >= 11 is 11.6. The van der Waals surface area contributed by atoms with Crippen LogP contribution >= 0.6 is 23.2 Å². The van der Waals surface area contributed by atoms with Crippen LogP contribution in [0.15, 0.2) is 66.9 Å². The lowest BCUT2D eigenvalue weighted by Gasteiger charge is -2.11. The molecular weight excluding hydrogens is 415 g/mol. The molecule has 148 valence electrons. The van der Waals surface area contributed by atoms with Crippen molar-refractivity contribution >= 4 is 40.9 Å². The zero-order valence-electron chi connectivity index (χ0n) is 15.1. The van der Waals surface area contributed by atoms with Crippen molar-refractivity contribution < 1.29 is 19.1 Å². The van der Waals surface area contributed by atoms with Crippen LogP contribution in [0.2, 0.25) is 10.0 Å².